The quantitative estimate of drug-likeness (QED) is 0.849. The van der Waals surface area contributed by atoms with E-state index in [4.69, 9.17) is 0 Å². The first-order valence-electron chi connectivity index (χ1n) is 8.51. The van der Waals surface area contributed by atoms with Crippen LogP contribution in [0.25, 0.3) is 0 Å². The molecule has 3 rings (SSSR count). The number of hydrogen-bond acceptors (Lipinski definition) is 2. The number of carbonyl (C=O) groups excluding carboxylic acids is 1. The standard InChI is InChI=1S/C20H22F2N2O/c1-23-12-13-24(14-19(23)16-6-9-17(21)10-7-16)20(25)11-8-15-4-2-3-5-18(15)22/h2-7,9-10,19H,8,11-14H2,1H3. The fourth-order valence-corrected chi connectivity index (χ4v) is 3.25. The second-order valence-corrected chi connectivity index (χ2v) is 6.48. The molecule has 1 aliphatic heterocycles. The summed E-state index contributed by atoms with van der Waals surface area (Å²) in [5, 5.41) is 0. The Kier molecular flexibility index (Phi) is 5.43. The van der Waals surface area contributed by atoms with Gasteiger partial charge in [-0.25, -0.2) is 8.78 Å². The molecule has 5 heteroatoms. The van der Waals surface area contributed by atoms with Crippen molar-refractivity contribution in [2.45, 2.75) is 18.9 Å². The minimum atomic E-state index is -0.266. The molecular formula is C20H22F2N2O. The molecule has 0 saturated carbocycles. The van der Waals surface area contributed by atoms with E-state index in [-0.39, 0.29) is 23.6 Å². The molecule has 1 amide bonds. The van der Waals surface area contributed by atoms with E-state index in [9.17, 15) is 13.6 Å². The maximum Gasteiger partial charge on any atom is 0.223 e. The average molecular weight is 344 g/mol. The van der Waals surface area contributed by atoms with E-state index in [0.717, 1.165) is 12.1 Å². The Bertz CT molecular complexity index is 733. The summed E-state index contributed by atoms with van der Waals surface area (Å²) in [6.07, 6.45) is 0.694. The molecule has 0 spiro atoms. The lowest BCUT2D eigenvalue weighted by Crippen LogP contribution is -2.49. The van der Waals surface area contributed by atoms with Crippen molar-refractivity contribution in [3.8, 4) is 0 Å². The third-order valence-electron chi connectivity index (χ3n) is 4.82. The Morgan fingerprint density at radius 2 is 1.80 bits per heavy atom. The van der Waals surface area contributed by atoms with Gasteiger partial charge in [-0.3, -0.25) is 9.69 Å². The number of nitrogens with zero attached hydrogens (tertiary/aromatic N) is 2. The number of halogens is 2. The number of piperazine rings is 1. The van der Waals surface area contributed by atoms with Crippen LogP contribution in [-0.2, 0) is 11.2 Å². The Labute approximate surface area is 146 Å². The van der Waals surface area contributed by atoms with E-state index in [1.807, 2.05) is 11.9 Å². The van der Waals surface area contributed by atoms with Crippen LogP contribution in [0.15, 0.2) is 48.5 Å². The number of likely N-dealkylation sites (N-methyl/N-ethyl adjacent to an activating group) is 1. The monoisotopic (exact) mass is 344 g/mol. The largest absolute Gasteiger partial charge is 0.339 e. The fraction of sp³-hybridized carbons (Fsp3) is 0.350. The van der Waals surface area contributed by atoms with E-state index < -0.39 is 0 Å². The molecule has 0 aromatic heterocycles. The molecule has 2 aromatic rings. The highest BCUT2D eigenvalue weighted by Crippen LogP contribution is 2.25. The molecule has 2 aromatic carbocycles. The van der Waals surface area contributed by atoms with Gasteiger partial charge in [-0.15, -0.1) is 0 Å². The molecule has 0 aliphatic carbocycles. The molecule has 1 saturated heterocycles. The Balaban J connectivity index is 1.63. The van der Waals surface area contributed by atoms with Crippen molar-refractivity contribution in [2.75, 3.05) is 26.7 Å². The molecule has 1 fully saturated rings. The summed E-state index contributed by atoms with van der Waals surface area (Å²) in [7, 11) is 2.01. The highest BCUT2D eigenvalue weighted by molar-refractivity contribution is 5.76. The summed E-state index contributed by atoms with van der Waals surface area (Å²) in [5.74, 6) is -0.499. The first kappa shape index (κ1) is 17.5. The molecule has 132 valence electrons. The van der Waals surface area contributed by atoms with Crippen molar-refractivity contribution < 1.29 is 13.6 Å². The lowest BCUT2D eigenvalue weighted by Gasteiger charge is -2.39. The van der Waals surface area contributed by atoms with Crippen LogP contribution in [0.1, 0.15) is 23.6 Å². The van der Waals surface area contributed by atoms with Gasteiger partial charge in [0.05, 0.1) is 6.04 Å². The van der Waals surface area contributed by atoms with Gasteiger partial charge in [-0.1, -0.05) is 30.3 Å². The maximum absolute atomic E-state index is 13.7. The van der Waals surface area contributed by atoms with Gasteiger partial charge in [-0.05, 0) is 42.8 Å². The number of benzene rings is 2. The molecule has 1 unspecified atom stereocenters. The van der Waals surface area contributed by atoms with Crippen molar-refractivity contribution in [3.05, 3.63) is 71.3 Å². The van der Waals surface area contributed by atoms with Crippen LogP contribution in [0.2, 0.25) is 0 Å². The molecular weight excluding hydrogens is 322 g/mol. The van der Waals surface area contributed by atoms with Crippen LogP contribution in [0.4, 0.5) is 8.78 Å². The first-order valence-corrected chi connectivity index (χ1v) is 8.51. The third-order valence-corrected chi connectivity index (χ3v) is 4.82. The highest BCUT2D eigenvalue weighted by atomic mass is 19.1. The number of carbonyl (C=O) groups is 1. The van der Waals surface area contributed by atoms with Crippen LogP contribution >= 0.6 is 0 Å². The maximum atomic E-state index is 13.7. The molecule has 1 atom stereocenters. The van der Waals surface area contributed by atoms with Crippen molar-refractivity contribution in [2.24, 2.45) is 0 Å². The average Bonchev–Trinajstić information content (AvgIpc) is 2.62. The predicted molar refractivity (Wildman–Crippen MR) is 93.1 cm³/mol. The van der Waals surface area contributed by atoms with Gasteiger partial charge in [0, 0.05) is 26.1 Å². The fourth-order valence-electron chi connectivity index (χ4n) is 3.25. The van der Waals surface area contributed by atoms with Crippen molar-refractivity contribution in [1.82, 2.24) is 9.80 Å². The molecule has 1 heterocycles. The van der Waals surface area contributed by atoms with Gasteiger partial charge >= 0.3 is 0 Å². The van der Waals surface area contributed by atoms with Gasteiger partial charge < -0.3 is 4.90 Å². The Morgan fingerprint density at radius 3 is 2.52 bits per heavy atom. The predicted octanol–water partition coefficient (Wildman–Crippen LogP) is 3.41. The summed E-state index contributed by atoms with van der Waals surface area (Å²) in [6.45, 7) is 1.98. The zero-order valence-corrected chi connectivity index (χ0v) is 14.3. The number of amides is 1. The smallest absolute Gasteiger partial charge is 0.223 e. The summed E-state index contributed by atoms with van der Waals surface area (Å²) < 4.78 is 26.8. The second-order valence-electron chi connectivity index (χ2n) is 6.48. The second kappa shape index (κ2) is 7.74. The van der Waals surface area contributed by atoms with Gasteiger partial charge in [0.2, 0.25) is 5.91 Å². The molecule has 25 heavy (non-hydrogen) atoms. The van der Waals surface area contributed by atoms with Crippen LogP contribution < -0.4 is 0 Å². The summed E-state index contributed by atoms with van der Waals surface area (Å²) in [6, 6.07) is 13.0. The zero-order valence-electron chi connectivity index (χ0n) is 14.3. The topological polar surface area (TPSA) is 23.6 Å². The molecule has 0 radical (unpaired) electrons. The summed E-state index contributed by atoms with van der Waals surface area (Å²) in [4.78, 5) is 16.5. The minimum Gasteiger partial charge on any atom is -0.339 e. The number of hydrogen-bond donors (Lipinski definition) is 0. The Hall–Kier alpha value is -2.27. The van der Waals surface area contributed by atoms with E-state index in [1.165, 1.54) is 18.2 Å². The van der Waals surface area contributed by atoms with E-state index in [2.05, 4.69) is 4.90 Å². The van der Waals surface area contributed by atoms with Crippen molar-refractivity contribution in [1.29, 1.82) is 0 Å². The normalized spacial score (nSPS) is 18.4. The molecule has 1 aliphatic rings. The highest BCUT2D eigenvalue weighted by Gasteiger charge is 2.28. The van der Waals surface area contributed by atoms with Crippen molar-refractivity contribution in [3.63, 3.8) is 0 Å². The van der Waals surface area contributed by atoms with Crippen LogP contribution in [-0.4, -0.2) is 42.4 Å². The molecule has 0 bridgehead atoms. The summed E-state index contributed by atoms with van der Waals surface area (Å²) >= 11 is 0. The zero-order chi connectivity index (χ0) is 17.8. The van der Waals surface area contributed by atoms with Crippen LogP contribution in [0.3, 0.4) is 0 Å². The summed E-state index contributed by atoms with van der Waals surface area (Å²) in [5.41, 5.74) is 1.57. The van der Waals surface area contributed by atoms with Crippen molar-refractivity contribution >= 4 is 5.91 Å². The van der Waals surface area contributed by atoms with Gasteiger partial charge in [0.1, 0.15) is 11.6 Å². The molecule has 3 nitrogen and oxygen atoms in total. The first-order chi connectivity index (χ1) is 12.0. The number of aryl methyl sites for hydroxylation is 1. The van der Waals surface area contributed by atoms with E-state index in [1.54, 1.807) is 30.3 Å². The third kappa shape index (κ3) is 4.23. The Morgan fingerprint density at radius 1 is 1.08 bits per heavy atom. The van der Waals surface area contributed by atoms with Gasteiger partial charge in [0.25, 0.3) is 0 Å². The molecule has 0 N–H and O–H groups in total. The van der Waals surface area contributed by atoms with Gasteiger partial charge in [0.15, 0.2) is 0 Å². The van der Waals surface area contributed by atoms with Crippen LogP contribution in [0.5, 0.6) is 0 Å². The lowest BCUT2D eigenvalue weighted by molar-refractivity contribution is -0.134. The van der Waals surface area contributed by atoms with E-state index >= 15 is 0 Å². The SMILES string of the molecule is CN1CCN(C(=O)CCc2ccccc2F)CC1c1ccc(F)cc1. The lowest BCUT2D eigenvalue weighted by atomic mass is 10.0. The van der Waals surface area contributed by atoms with E-state index in [0.29, 0.717) is 31.5 Å². The minimum absolute atomic E-state index is 0.0310. The van der Waals surface area contributed by atoms with Crippen LogP contribution in [0, 0.1) is 11.6 Å². The number of rotatable bonds is 4. The van der Waals surface area contributed by atoms with Gasteiger partial charge in [-0.2, -0.15) is 0 Å².